The molecule has 1 unspecified atom stereocenters. The topological polar surface area (TPSA) is 107 Å². The molecule has 1 atom stereocenters. The maximum atomic E-state index is 12.5. The molecule has 0 saturated carbocycles. The number of hydrogen-bond acceptors (Lipinski definition) is 5. The SMILES string of the molecule is Cc1c(Cl)cc(S(=O)(=O)N2CCC(CN)C2)cc1[N+](=O)[O-].Cl. The van der Waals surface area contributed by atoms with E-state index in [-0.39, 0.29) is 39.5 Å². The van der Waals surface area contributed by atoms with Crippen LogP contribution in [0, 0.1) is 23.0 Å². The summed E-state index contributed by atoms with van der Waals surface area (Å²) in [6.45, 7) is 2.60. The molecule has 0 bridgehead atoms. The van der Waals surface area contributed by atoms with E-state index in [0.29, 0.717) is 26.1 Å². The molecule has 0 aromatic heterocycles. The average Bonchev–Trinajstić information content (AvgIpc) is 2.90. The van der Waals surface area contributed by atoms with Crippen molar-refractivity contribution in [3.8, 4) is 0 Å². The van der Waals surface area contributed by atoms with E-state index in [0.717, 1.165) is 6.07 Å². The fraction of sp³-hybridized carbons (Fsp3) is 0.500. The second-order valence-electron chi connectivity index (χ2n) is 5.06. The van der Waals surface area contributed by atoms with Gasteiger partial charge in [0, 0.05) is 24.7 Å². The predicted octanol–water partition coefficient (Wildman–Crippen LogP) is 1.95. The lowest BCUT2D eigenvalue weighted by atomic mass is 10.1. The summed E-state index contributed by atoms with van der Waals surface area (Å²) in [6.07, 6.45) is 0.692. The number of nitro groups is 1. The number of nitrogens with two attached hydrogens (primary N) is 1. The molecule has 10 heteroatoms. The fourth-order valence-corrected chi connectivity index (χ4v) is 4.19. The van der Waals surface area contributed by atoms with E-state index in [4.69, 9.17) is 17.3 Å². The molecule has 1 saturated heterocycles. The van der Waals surface area contributed by atoms with Crippen molar-refractivity contribution in [1.82, 2.24) is 4.31 Å². The Morgan fingerprint density at radius 2 is 2.14 bits per heavy atom. The maximum Gasteiger partial charge on any atom is 0.275 e. The smallest absolute Gasteiger partial charge is 0.275 e. The van der Waals surface area contributed by atoms with Crippen LogP contribution in [0.1, 0.15) is 12.0 Å². The molecule has 0 aliphatic carbocycles. The summed E-state index contributed by atoms with van der Waals surface area (Å²) in [5.41, 5.74) is 5.51. The average molecular weight is 370 g/mol. The molecule has 22 heavy (non-hydrogen) atoms. The van der Waals surface area contributed by atoms with Crippen molar-refractivity contribution >= 4 is 39.7 Å². The van der Waals surface area contributed by atoms with Crippen LogP contribution < -0.4 is 5.73 Å². The summed E-state index contributed by atoms with van der Waals surface area (Å²) in [5, 5.41) is 11.1. The molecule has 1 aliphatic heterocycles. The Bertz CT molecular complexity index is 681. The first-order valence-electron chi connectivity index (χ1n) is 6.42. The summed E-state index contributed by atoms with van der Waals surface area (Å²) in [7, 11) is -3.79. The van der Waals surface area contributed by atoms with Crippen molar-refractivity contribution < 1.29 is 13.3 Å². The third kappa shape index (κ3) is 3.52. The lowest BCUT2D eigenvalue weighted by Crippen LogP contribution is -2.30. The molecular formula is C12H17Cl2N3O4S. The van der Waals surface area contributed by atoms with Crippen LogP contribution in [-0.4, -0.2) is 37.3 Å². The van der Waals surface area contributed by atoms with E-state index in [1.807, 2.05) is 0 Å². The Morgan fingerprint density at radius 3 is 2.64 bits per heavy atom. The normalized spacial score (nSPS) is 19.0. The molecule has 1 heterocycles. The third-order valence-corrected chi connectivity index (χ3v) is 5.94. The van der Waals surface area contributed by atoms with Crippen molar-refractivity contribution in [1.29, 1.82) is 0 Å². The summed E-state index contributed by atoms with van der Waals surface area (Å²) < 4.78 is 26.4. The Hall–Kier alpha value is -0.930. The van der Waals surface area contributed by atoms with Gasteiger partial charge >= 0.3 is 0 Å². The van der Waals surface area contributed by atoms with Gasteiger partial charge in [0.1, 0.15) is 0 Å². The van der Waals surface area contributed by atoms with E-state index in [9.17, 15) is 18.5 Å². The molecule has 1 aromatic carbocycles. The number of halogens is 2. The molecule has 0 radical (unpaired) electrons. The van der Waals surface area contributed by atoms with Crippen LogP contribution in [0.15, 0.2) is 17.0 Å². The molecule has 0 spiro atoms. The molecule has 124 valence electrons. The molecular weight excluding hydrogens is 353 g/mol. The lowest BCUT2D eigenvalue weighted by Gasteiger charge is -2.17. The summed E-state index contributed by atoms with van der Waals surface area (Å²) >= 11 is 5.92. The number of nitro benzene ring substituents is 1. The van der Waals surface area contributed by atoms with E-state index >= 15 is 0 Å². The minimum Gasteiger partial charge on any atom is -0.330 e. The molecule has 2 N–H and O–H groups in total. The van der Waals surface area contributed by atoms with Crippen molar-refractivity contribution in [2.45, 2.75) is 18.2 Å². The van der Waals surface area contributed by atoms with Gasteiger partial charge in [-0.1, -0.05) is 11.6 Å². The van der Waals surface area contributed by atoms with Gasteiger partial charge in [-0.3, -0.25) is 10.1 Å². The molecule has 1 aliphatic rings. The minimum absolute atomic E-state index is 0. The van der Waals surface area contributed by atoms with E-state index in [1.165, 1.54) is 17.3 Å². The van der Waals surface area contributed by atoms with Gasteiger partial charge in [-0.2, -0.15) is 4.31 Å². The number of benzene rings is 1. The van der Waals surface area contributed by atoms with Gasteiger partial charge in [-0.15, -0.1) is 12.4 Å². The first-order valence-corrected chi connectivity index (χ1v) is 8.24. The Labute approximate surface area is 140 Å². The minimum atomic E-state index is -3.79. The van der Waals surface area contributed by atoms with Crippen molar-refractivity contribution in [2.75, 3.05) is 19.6 Å². The standard InChI is InChI=1S/C12H16ClN3O4S.ClH/c1-8-11(13)4-10(5-12(8)16(17)18)21(19,20)15-3-2-9(6-14)7-15;/h4-5,9H,2-3,6-7,14H2,1H3;1H. The second-order valence-corrected chi connectivity index (χ2v) is 7.40. The number of sulfonamides is 1. The zero-order valence-corrected chi connectivity index (χ0v) is 14.2. The van der Waals surface area contributed by atoms with E-state index in [2.05, 4.69) is 0 Å². The van der Waals surface area contributed by atoms with Crippen LogP contribution in [0.3, 0.4) is 0 Å². The zero-order chi connectivity index (χ0) is 15.8. The zero-order valence-electron chi connectivity index (χ0n) is 11.9. The van der Waals surface area contributed by atoms with Gasteiger partial charge in [0.15, 0.2) is 0 Å². The first kappa shape index (κ1) is 19.1. The van der Waals surface area contributed by atoms with Crippen molar-refractivity contribution in [3.05, 3.63) is 32.8 Å². The molecule has 2 rings (SSSR count). The molecule has 1 aromatic rings. The highest BCUT2D eigenvalue weighted by Gasteiger charge is 2.33. The van der Waals surface area contributed by atoms with Gasteiger partial charge in [0.05, 0.1) is 14.8 Å². The first-order chi connectivity index (χ1) is 9.77. The Balaban J connectivity index is 0.00000242. The highest BCUT2D eigenvalue weighted by Crippen LogP contribution is 2.32. The van der Waals surface area contributed by atoms with Gasteiger partial charge < -0.3 is 5.73 Å². The number of rotatable bonds is 4. The number of hydrogen-bond donors (Lipinski definition) is 1. The maximum absolute atomic E-state index is 12.5. The summed E-state index contributed by atoms with van der Waals surface area (Å²) in [4.78, 5) is 10.2. The van der Waals surface area contributed by atoms with Crippen LogP contribution in [0.2, 0.25) is 5.02 Å². The largest absolute Gasteiger partial charge is 0.330 e. The van der Waals surface area contributed by atoms with Crippen LogP contribution in [0.5, 0.6) is 0 Å². The summed E-state index contributed by atoms with van der Waals surface area (Å²) in [5.74, 6) is 0.121. The fourth-order valence-electron chi connectivity index (χ4n) is 2.34. The second kappa shape index (κ2) is 7.10. The van der Waals surface area contributed by atoms with Crippen molar-refractivity contribution in [3.63, 3.8) is 0 Å². The van der Waals surface area contributed by atoms with Gasteiger partial charge in [0.2, 0.25) is 10.0 Å². The van der Waals surface area contributed by atoms with Gasteiger partial charge in [0.25, 0.3) is 5.69 Å². The highest BCUT2D eigenvalue weighted by atomic mass is 35.5. The van der Waals surface area contributed by atoms with E-state index in [1.54, 1.807) is 0 Å². The van der Waals surface area contributed by atoms with E-state index < -0.39 is 14.9 Å². The molecule has 1 fully saturated rings. The molecule has 7 nitrogen and oxygen atoms in total. The van der Waals surface area contributed by atoms with Gasteiger partial charge in [-0.05, 0) is 31.9 Å². The van der Waals surface area contributed by atoms with Crippen molar-refractivity contribution in [2.24, 2.45) is 11.7 Å². The Kier molecular flexibility index (Phi) is 6.17. The van der Waals surface area contributed by atoms with Crippen LogP contribution in [0.25, 0.3) is 0 Å². The lowest BCUT2D eigenvalue weighted by molar-refractivity contribution is -0.385. The quantitative estimate of drug-likeness (QED) is 0.644. The Morgan fingerprint density at radius 1 is 1.50 bits per heavy atom. The van der Waals surface area contributed by atoms with Crippen LogP contribution in [0.4, 0.5) is 5.69 Å². The number of nitrogens with zero attached hydrogens (tertiary/aromatic N) is 2. The third-order valence-electron chi connectivity index (χ3n) is 3.71. The monoisotopic (exact) mass is 369 g/mol. The highest BCUT2D eigenvalue weighted by molar-refractivity contribution is 7.89. The van der Waals surface area contributed by atoms with Crippen LogP contribution in [-0.2, 0) is 10.0 Å². The van der Waals surface area contributed by atoms with Crippen LogP contribution >= 0.6 is 24.0 Å². The molecule has 0 amide bonds. The van der Waals surface area contributed by atoms with Gasteiger partial charge in [-0.25, -0.2) is 8.42 Å². The predicted molar refractivity (Wildman–Crippen MR) is 86.0 cm³/mol. The summed E-state index contributed by atoms with van der Waals surface area (Å²) in [6, 6.07) is 2.32.